The van der Waals surface area contributed by atoms with E-state index in [1.54, 1.807) is 24.3 Å². The van der Waals surface area contributed by atoms with Gasteiger partial charge in [0.25, 0.3) is 6.47 Å². The summed E-state index contributed by atoms with van der Waals surface area (Å²) in [5.74, 6) is -1.27. The van der Waals surface area contributed by atoms with Gasteiger partial charge in [-0.1, -0.05) is 12.1 Å². The lowest BCUT2D eigenvalue weighted by molar-refractivity contribution is -0.350. The maximum atomic E-state index is 12.8. The summed E-state index contributed by atoms with van der Waals surface area (Å²) in [6.07, 6.45) is 0. The van der Waals surface area contributed by atoms with Crippen LogP contribution in [-0.4, -0.2) is 48.0 Å². The van der Waals surface area contributed by atoms with Crippen LogP contribution in [0.15, 0.2) is 36.4 Å². The number of esters is 1. The van der Waals surface area contributed by atoms with E-state index in [-0.39, 0.29) is 24.2 Å². The summed E-state index contributed by atoms with van der Waals surface area (Å²) in [5, 5.41) is 0. The van der Waals surface area contributed by atoms with E-state index in [4.69, 9.17) is 33.2 Å². The zero-order chi connectivity index (χ0) is 22.1. The monoisotopic (exact) mass is 420 g/mol. The Labute approximate surface area is 174 Å². The highest BCUT2D eigenvalue weighted by Crippen LogP contribution is 2.38. The number of hydrogen-bond acceptors (Lipinski definition) is 9. The smallest absolute Gasteiger partial charge is 0.358 e. The highest BCUT2D eigenvalue weighted by Gasteiger charge is 2.39. The molecule has 0 heterocycles. The molecular weight excluding hydrogens is 396 g/mol. The molecule has 0 N–H and O–H groups in total. The zero-order valence-electron chi connectivity index (χ0n) is 17.4. The highest BCUT2D eigenvalue weighted by atomic mass is 16.9. The van der Waals surface area contributed by atoms with Gasteiger partial charge in [0, 0.05) is 14.2 Å². The van der Waals surface area contributed by atoms with Gasteiger partial charge >= 0.3 is 11.9 Å². The first-order valence-corrected chi connectivity index (χ1v) is 8.77. The fraction of sp³-hybridized carbons (Fsp3) is 0.333. The molecule has 0 amide bonds. The molecule has 0 saturated heterocycles. The number of hydrogen-bond donors (Lipinski definition) is 0. The van der Waals surface area contributed by atoms with E-state index >= 15 is 0 Å². The molecule has 9 nitrogen and oxygen atoms in total. The average Bonchev–Trinajstić information content (AvgIpc) is 2.80. The number of carbonyl (C=O) groups excluding carboxylic acids is 2. The van der Waals surface area contributed by atoms with Gasteiger partial charge in [0.05, 0.1) is 32.5 Å². The molecule has 30 heavy (non-hydrogen) atoms. The molecule has 0 atom stereocenters. The lowest BCUT2D eigenvalue weighted by Gasteiger charge is -2.29. The highest BCUT2D eigenvalue weighted by molar-refractivity contribution is 5.91. The predicted octanol–water partition coefficient (Wildman–Crippen LogP) is 2.65. The Morgan fingerprint density at radius 1 is 0.933 bits per heavy atom. The van der Waals surface area contributed by atoms with Crippen LogP contribution in [0.5, 0.6) is 17.2 Å². The van der Waals surface area contributed by atoms with Crippen LogP contribution in [0.3, 0.4) is 0 Å². The molecule has 0 aliphatic heterocycles. The summed E-state index contributed by atoms with van der Waals surface area (Å²) in [4.78, 5) is 23.7. The van der Waals surface area contributed by atoms with E-state index in [0.29, 0.717) is 22.8 Å². The molecule has 0 aliphatic carbocycles. The van der Waals surface area contributed by atoms with Gasteiger partial charge in [-0.05, 0) is 29.8 Å². The lowest BCUT2D eigenvalue weighted by atomic mass is 10.1. The minimum absolute atomic E-state index is 0.0780. The molecule has 162 valence electrons. The number of ether oxygens (including phenoxy) is 7. The third kappa shape index (κ3) is 4.64. The van der Waals surface area contributed by atoms with E-state index < -0.39 is 11.9 Å². The molecule has 2 aromatic rings. The Kier molecular flexibility index (Phi) is 8.02. The minimum Gasteiger partial charge on any atom is -0.493 e. The number of carbonyl (C=O) groups is 2. The van der Waals surface area contributed by atoms with Gasteiger partial charge in [-0.3, -0.25) is 4.79 Å². The quantitative estimate of drug-likeness (QED) is 0.309. The van der Waals surface area contributed by atoms with Crippen LogP contribution >= 0.6 is 0 Å². The maximum absolute atomic E-state index is 12.8. The average molecular weight is 420 g/mol. The predicted molar refractivity (Wildman–Crippen MR) is 105 cm³/mol. The van der Waals surface area contributed by atoms with Crippen LogP contribution in [-0.2, 0) is 36.3 Å². The van der Waals surface area contributed by atoms with Crippen molar-refractivity contribution in [3.05, 3.63) is 53.1 Å². The molecule has 0 unspecified atom stereocenters. The standard InChI is InChI=1S/C21H24O9/c1-24-17-10-14(11-18(25-2)19(17)26-3)12-29-20(23)15-8-6-7-9-16(15)21(27-4,28-5)30-13-22/h6-11,13H,12H2,1-5H3. The molecule has 0 radical (unpaired) electrons. The number of rotatable bonds is 11. The summed E-state index contributed by atoms with van der Waals surface area (Å²) >= 11 is 0. The van der Waals surface area contributed by atoms with E-state index in [1.165, 1.54) is 47.7 Å². The minimum atomic E-state index is -1.89. The topological polar surface area (TPSA) is 98.8 Å². The Morgan fingerprint density at radius 2 is 1.53 bits per heavy atom. The Morgan fingerprint density at radius 3 is 2.03 bits per heavy atom. The summed E-state index contributed by atoms with van der Waals surface area (Å²) in [6, 6.07) is 9.67. The largest absolute Gasteiger partial charge is 0.493 e. The van der Waals surface area contributed by atoms with Crippen LogP contribution in [0.4, 0.5) is 0 Å². The van der Waals surface area contributed by atoms with Gasteiger partial charge in [-0.25, -0.2) is 4.79 Å². The third-order valence-corrected chi connectivity index (χ3v) is 4.31. The molecule has 2 aromatic carbocycles. The Balaban J connectivity index is 2.31. The first-order valence-electron chi connectivity index (χ1n) is 8.77. The van der Waals surface area contributed by atoms with Gasteiger partial charge in [-0.2, -0.15) is 0 Å². The third-order valence-electron chi connectivity index (χ3n) is 4.31. The van der Waals surface area contributed by atoms with Crippen molar-refractivity contribution in [1.82, 2.24) is 0 Å². The van der Waals surface area contributed by atoms with Crippen LogP contribution in [0.1, 0.15) is 21.5 Å². The van der Waals surface area contributed by atoms with Crippen molar-refractivity contribution in [2.45, 2.75) is 12.6 Å². The van der Waals surface area contributed by atoms with Gasteiger partial charge in [-0.15, -0.1) is 0 Å². The second-order valence-electron chi connectivity index (χ2n) is 5.83. The molecule has 0 fully saturated rings. The fourth-order valence-electron chi connectivity index (χ4n) is 2.90. The number of methoxy groups -OCH3 is 5. The van der Waals surface area contributed by atoms with Crippen molar-refractivity contribution in [3.63, 3.8) is 0 Å². The summed E-state index contributed by atoms with van der Waals surface area (Å²) < 4.78 is 36.7. The van der Waals surface area contributed by atoms with E-state index in [0.717, 1.165) is 0 Å². The summed E-state index contributed by atoms with van der Waals surface area (Å²) in [6.45, 7) is 0.0937. The zero-order valence-corrected chi connectivity index (χ0v) is 17.4. The van der Waals surface area contributed by atoms with Gasteiger partial charge in [0.15, 0.2) is 11.5 Å². The molecule has 2 rings (SSSR count). The van der Waals surface area contributed by atoms with Gasteiger partial charge in [0.1, 0.15) is 6.61 Å². The van der Waals surface area contributed by atoms with Crippen LogP contribution < -0.4 is 14.2 Å². The van der Waals surface area contributed by atoms with Crippen molar-refractivity contribution in [2.75, 3.05) is 35.5 Å². The van der Waals surface area contributed by atoms with Crippen molar-refractivity contribution >= 4 is 12.4 Å². The molecule has 0 bridgehead atoms. The normalized spacial score (nSPS) is 10.8. The fourth-order valence-corrected chi connectivity index (χ4v) is 2.90. The first-order chi connectivity index (χ1) is 14.5. The first kappa shape index (κ1) is 23.0. The molecular formula is C21H24O9. The number of benzene rings is 2. The Bertz CT molecular complexity index is 850. The molecule has 9 heteroatoms. The summed E-state index contributed by atoms with van der Waals surface area (Å²) in [5.41, 5.74) is 0.900. The molecule has 0 spiro atoms. The van der Waals surface area contributed by atoms with E-state index in [1.807, 2.05) is 0 Å². The second kappa shape index (κ2) is 10.5. The lowest BCUT2D eigenvalue weighted by Crippen LogP contribution is -2.35. The van der Waals surface area contributed by atoms with Crippen molar-refractivity contribution in [3.8, 4) is 17.2 Å². The van der Waals surface area contributed by atoms with Crippen molar-refractivity contribution < 1.29 is 42.7 Å². The van der Waals surface area contributed by atoms with Gasteiger partial charge < -0.3 is 33.2 Å². The maximum Gasteiger partial charge on any atom is 0.358 e. The SMILES string of the molecule is COc1cc(COC(=O)c2ccccc2C(OC)(OC)OC=O)cc(OC)c1OC. The second-order valence-corrected chi connectivity index (χ2v) is 5.83. The van der Waals surface area contributed by atoms with Crippen LogP contribution in [0.2, 0.25) is 0 Å². The Hall–Kier alpha value is -3.30. The van der Waals surface area contributed by atoms with Gasteiger partial charge in [0.2, 0.25) is 5.75 Å². The molecule has 0 saturated carbocycles. The molecule has 0 aromatic heterocycles. The molecule has 0 aliphatic rings. The van der Waals surface area contributed by atoms with Crippen LogP contribution in [0.25, 0.3) is 0 Å². The summed E-state index contributed by atoms with van der Waals surface area (Å²) in [7, 11) is 7.04. The van der Waals surface area contributed by atoms with Crippen molar-refractivity contribution in [2.24, 2.45) is 0 Å². The van der Waals surface area contributed by atoms with Crippen LogP contribution in [0, 0.1) is 0 Å². The van der Waals surface area contributed by atoms with Crippen molar-refractivity contribution in [1.29, 1.82) is 0 Å². The van der Waals surface area contributed by atoms with E-state index in [9.17, 15) is 9.59 Å². The van der Waals surface area contributed by atoms with E-state index in [2.05, 4.69) is 0 Å².